The van der Waals surface area contributed by atoms with E-state index in [-0.39, 0.29) is 6.61 Å². The van der Waals surface area contributed by atoms with Gasteiger partial charge in [0.2, 0.25) is 0 Å². The Balaban J connectivity index is 1.87. The SMILES string of the molecule is CC(C)(C)OC(=O)C1(F)C[C@@H](COCc2ccccc2)OC1=O. The predicted octanol–water partition coefficient (Wildman–Crippen LogP) is 2.57. The average Bonchev–Trinajstić information content (AvgIpc) is 2.74. The summed E-state index contributed by atoms with van der Waals surface area (Å²) in [6.45, 7) is 5.16. The van der Waals surface area contributed by atoms with Gasteiger partial charge >= 0.3 is 17.6 Å². The van der Waals surface area contributed by atoms with Crippen molar-refractivity contribution >= 4 is 11.9 Å². The zero-order valence-electron chi connectivity index (χ0n) is 13.5. The Hall–Kier alpha value is -1.95. The molecule has 1 unspecified atom stereocenters. The molecule has 0 aromatic heterocycles. The Morgan fingerprint density at radius 3 is 2.61 bits per heavy atom. The molecule has 23 heavy (non-hydrogen) atoms. The summed E-state index contributed by atoms with van der Waals surface area (Å²) in [5.74, 6) is -2.42. The average molecular weight is 324 g/mol. The highest BCUT2D eigenvalue weighted by atomic mass is 19.1. The van der Waals surface area contributed by atoms with Crippen molar-refractivity contribution in [2.24, 2.45) is 0 Å². The van der Waals surface area contributed by atoms with Crippen molar-refractivity contribution in [3.05, 3.63) is 35.9 Å². The van der Waals surface area contributed by atoms with Gasteiger partial charge in [0.1, 0.15) is 11.7 Å². The van der Waals surface area contributed by atoms with Crippen molar-refractivity contribution in [3.8, 4) is 0 Å². The zero-order valence-corrected chi connectivity index (χ0v) is 13.5. The van der Waals surface area contributed by atoms with Gasteiger partial charge in [0, 0.05) is 6.42 Å². The van der Waals surface area contributed by atoms with Gasteiger partial charge in [-0.1, -0.05) is 30.3 Å². The van der Waals surface area contributed by atoms with Crippen LogP contribution in [0.2, 0.25) is 0 Å². The van der Waals surface area contributed by atoms with Gasteiger partial charge in [0.15, 0.2) is 0 Å². The molecule has 1 aromatic carbocycles. The molecule has 126 valence electrons. The maximum Gasteiger partial charge on any atom is 0.356 e. The van der Waals surface area contributed by atoms with Gasteiger partial charge in [-0.3, -0.25) is 0 Å². The summed E-state index contributed by atoms with van der Waals surface area (Å²) in [5, 5.41) is 0. The van der Waals surface area contributed by atoms with Crippen LogP contribution < -0.4 is 0 Å². The molecular weight excluding hydrogens is 303 g/mol. The van der Waals surface area contributed by atoms with Crippen LogP contribution >= 0.6 is 0 Å². The third kappa shape index (κ3) is 4.51. The first-order valence-corrected chi connectivity index (χ1v) is 7.46. The van der Waals surface area contributed by atoms with Crippen LogP contribution in [0.25, 0.3) is 0 Å². The Morgan fingerprint density at radius 1 is 1.35 bits per heavy atom. The van der Waals surface area contributed by atoms with E-state index < -0.39 is 35.7 Å². The second kappa shape index (κ2) is 6.66. The third-order valence-electron chi connectivity index (χ3n) is 3.24. The molecule has 0 saturated carbocycles. The number of ether oxygens (including phenoxy) is 3. The lowest BCUT2D eigenvalue weighted by molar-refractivity contribution is -0.175. The molecule has 6 heteroatoms. The lowest BCUT2D eigenvalue weighted by Crippen LogP contribution is -2.43. The van der Waals surface area contributed by atoms with Crippen molar-refractivity contribution < 1.29 is 28.2 Å². The highest BCUT2D eigenvalue weighted by molar-refractivity contribution is 6.04. The minimum atomic E-state index is -2.76. The van der Waals surface area contributed by atoms with Crippen LogP contribution in [0.5, 0.6) is 0 Å². The number of hydrogen-bond donors (Lipinski definition) is 0. The largest absolute Gasteiger partial charge is 0.457 e. The minimum absolute atomic E-state index is 0.0229. The molecule has 1 fully saturated rings. The van der Waals surface area contributed by atoms with Crippen molar-refractivity contribution in [2.45, 2.75) is 51.2 Å². The van der Waals surface area contributed by atoms with Crippen LogP contribution in [-0.2, 0) is 30.4 Å². The molecule has 0 bridgehead atoms. The number of carbonyl (C=O) groups excluding carboxylic acids is 2. The molecule has 2 atom stereocenters. The van der Waals surface area contributed by atoms with E-state index >= 15 is 0 Å². The van der Waals surface area contributed by atoms with E-state index in [1.54, 1.807) is 20.8 Å². The topological polar surface area (TPSA) is 61.8 Å². The normalized spacial score (nSPS) is 24.3. The molecule has 5 nitrogen and oxygen atoms in total. The van der Waals surface area contributed by atoms with Gasteiger partial charge in [0.25, 0.3) is 0 Å². The molecule has 0 amide bonds. The third-order valence-corrected chi connectivity index (χ3v) is 3.24. The fourth-order valence-electron chi connectivity index (χ4n) is 2.18. The number of halogens is 1. The second-order valence-electron chi connectivity index (χ2n) is 6.54. The van der Waals surface area contributed by atoms with E-state index in [1.807, 2.05) is 30.3 Å². The smallest absolute Gasteiger partial charge is 0.356 e. The fraction of sp³-hybridized carbons (Fsp3) is 0.529. The summed E-state index contributed by atoms with van der Waals surface area (Å²) in [4.78, 5) is 23.6. The van der Waals surface area contributed by atoms with Crippen molar-refractivity contribution in [1.29, 1.82) is 0 Å². The summed E-state index contributed by atoms with van der Waals surface area (Å²) in [5.41, 5.74) is -2.68. The van der Waals surface area contributed by atoms with Crippen LogP contribution in [0.3, 0.4) is 0 Å². The van der Waals surface area contributed by atoms with Gasteiger partial charge in [-0.05, 0) is 26.3 Å². The van der Waals surface area contributed by atoms with Gasteiger partial charge in [0.05, 0.1) is 13.2 Å². The second-order valence-corrected chi connectivity index (χ2v) is 6.54. The van der Waals surface area contributed by atoms with Gasteiger partial charge in [-0.25, -0.2) is 14.0 Å². The van der Waals surface area contributed by atoms with E-state index in [1.165, 1.54) is 0 Å². The van der Waals surface area contributed by atoms with Crippen molar-refractivity contribution in [2.75, 3.05) is 6.61 Å². The number of benzene rings is 1. The van der Waals surface area contributed by atoms with Gasteiger partial charge in [-0.15, -0.1) is 0 Å². The monoisotopic (exact) mass is 324 g/mol. The van der Waals surface area contributed by atoms with Crippen LogP contribution in [0.4, 0.5) is 4.39 Å². The highest BCUT2D eigenvalue weighted by Gasteiger charge is 2.58. The Bertz CT molecular complexity index is 566. The molecule has 2 rings (SSSR count). The van der Waals surface area contributed by atoms with Crippen molar-refractivity contribution in [3.63, 3.8) is 0 Å². The maximum absolute atomic E-state index is 14.6. The van der Waals surface area contributed by atoms with Crippen LogP contribution in [0.1, 0.15) is 32.8 Å². The first-order chi connectivity index (χ1) is 10.7. The van der Waals surface area contributed by atoms with Gasteiger partial charge in [-0.2, -0.15) is 0 Å². The fourth-order valence-corrected chi connectivity index (χ4v) is 2.18. The Labute approximate surface area is 134 Å². The molecular formula is C17H21FO5. The lowest BCUT2D eigenvalue weighted by Gasteiger charge is -2.23. The first-order valence-electron chi connectivity index (χ1n) is 7.46. The highest BCUT2D eigenvalue weighted by Crippen LogP contribution is 2.32. The summed E-state index contributed by atoms with van der Waals surface area (Å²) < 4.78 is 29.9. The van der Waals surface area contributed by atoms with E-state index in [4.69, 9.17) is 14.2 Å². The first kappa shape index (κ1) is 17.4. The maximum atomic E-state index is 14.6. The molecule has 1 heterocycles. The zero-order chi connectivity index (χ0) is 17.1. The molecule has 0 aliphatic carbocycles. The number of alkyl halides is 1. The number of esters is 2. The summed E-state index contributed by atoms with van der Waals surface area (Å²) in [6, 6.07) is 9.43. The molecule has 1 aliphatic rings. The predicted molar refractivity (Wildman–Crippen MR) is 80.3 cm³/mol. The van der Waals surface area contributed by atoms with E-state index in [2.05, 4.69) is 0 Å². The molecule has 0 N–H and O–H groups in total. The summed E-state index contributed by atoms with van der Waals surface area (Å²) in [6.07, 6.45) is -1.20. The van der Waals surface area contributed by atoms with E-state index in [0.717, 1.165) is 5.56 Å². The molecule has 1 saturated heterocycles. The summed E-state index contributed by atoms with van der Waals surface area (Å²) >= 11 is 0. The standard InChI is InChI=1S/C17H21FO5/c1-16(2,3)23-15(20)17(18)9-13(22-14(17)19)11-21-10-12-7-5-4-6-8-12/h4-8,13H,9-11H2,1-3H3/t13-,17?/m0/s1. The molecule has 0 radical (unpaired) electrons. The quantitative estimate of drug-likeness (QED) is 0.615. The summed E-state index contributed by atoms with van der Waals surface area (Å²) in [7, 11) is 0. The number of carbonyl (C=O) groups is 2. The van der Waals surface area contributed by atoms with Gasteiger partial charge < -0.3 is 14.2 Å². The molecule has 1 aliphatic heterocycles. The Kier molecular flexibility index (Phi) is 5.04. The molecule has 0 spiro atoms. The Morgan fingerprint density at radius 2 is 2.00 bits per heavy atom. The van der Waals surface area contributed by atoms with Crippen LogP contribution in [0, 0.1) is 0 Å². The van der Waals surface area contributed by atoms with Crippen molar-refractivity contribution in [1.82, 2.24) is 0 Å². The number of rotatable bonds is 5. The van der Waals surface area contributed by atoms with E-state index in [9.17, 15) is 14.0 Å². The lowest BCUT2D eigenvalue weighted by atomic mass is 10.0. The number of hydrogen-bond acceptors (Lipinski definition) is 5. The van der Waals surface area contributed by atoms with Crippen LogP contribution in [-0.4, -0.2) is 35.9 Å². The molecule has 1 aromatic rings. The van der Waals surface area contributed by atoms with Crippen LogP contribution in [0.15, 0.2) is 30.3 Å². The number of cyclic esters (lactones) is 1. The van der Waals surface area contributed by atoms with E-state index in [0.29, 0.717) is 6.61 Å². The minimum Gasteiger partial charge on any atom is -0.457 e.